The van der Waals surface area contributed by atoms with Gasteiger partial charge in [0.05, 0.1) is 0 Å². The summed E-state index contributed by atoms with van der Waals surface area (Å²) < 4.78 is 24.7. The second kappa shape index (κ2) is 6.64. The van der Waals surface area contributed by atoms with E-state index in [2.05, 4.69) is 11.4 Å². The Morgan fingerprint density at radius 2 is 1.94 bits per heavy atom. The third-order valence-corrected chi connectivity index (χ3v) is 3.32. The molecule has 0 aliphatic heterocycles. The first-order valence-electron chi connectivity index (χ1n) is 6.51. The van der Waals surface area contributed by atoms with Crippen LogP contribution in [0.25, 0.3) is 0 Å². The monoisotopic (exact) mass is 251 g/mol. The molecule has 0 heterocycles. The highest BCUT2D eigenvalue weighted by atomic mass is 19.3. The molecule has 1 nitrogen and oxygen atoms in total. The predicted octanol–water partition coefficient (Wildman–Crippen LogP) is 4.21. The van der Waals surface area contributed by atoms with E-state index < -0.39 is 6.43 Å². The van der Waals surface area contributed by atoms with Gasteiger partial charge in [0, 0.05) is 12.1 Å². The molecule has 0 radical (unpaired) electrons. The number of nitrogens with one attached hydrogen (secondary N) is 1. The van der Waals surface area contributed by atoms with Gasteiger partial charge in [0.2, 0.25) is 0 Å². The maximum absolute atomic E-state index is 12.4. The maximum Gasteiger partial charge on any atom is 0.263 e. The SMILES string of the molecule is FC(F)c1ccc(CNCCC2=CCCC2)cc1. The molecule has 0 spiro atoms. The molecule has 18 heavy (non-hydrogen) atoms. The van der Waals surface area contributed by atoms with E-state index >= 15 is 0 Å². The van der Waals surface area contributed by atoms with Crippen LogP contribution in [-0.2, 0) is 6.54 Å². The van der Waals surface area contributed by atoms with E-state index in [1.54, 1.807) is 17.7 Å². The van der Waals surface area contributed by atoms with Crippen LogP contribution >= 0.6 is 0 Å². The fourth-order valence-electron chi connectivity index (χ4n) is 2.23. The van der Waals surface area contributed by atoms with Crippen molar-refractivity contribution in [2.75, 3.05) is 6.54 Å². The highest BCUT2D eigenvalue weighted by molar-refractivity contribution is 5.23. The van der Waals surface area contributed by atoms with E-state index in [4.69, 9.17) is 0 Å². The molecule has 0 saturated heterocycles. The van der Waals surface area contributed by atoms with Crippen molar-refractivity contribution in [3.8, 4) is 0 Å². The van der Waals surface area contributed by atoms with E-state index in [9.17, 15) is 8.78 Å². The molecule has 1 aliphatic rings. The molecule has 1 aliphatic carbocycles. The van der Waals surface area contributed by atoms with Gasteiger partial charge < -0.3 is 5.32 Å². The minimum Gasteiger partial charge on any atom is -0.312 e. The van der Waals surface area contributed by atoms with Gasteiger partial charge in [-0.1, -0.05) is 35.9 Å². The number of alkyl halides is 2. The highest BCUT2D eigenvalue weighted by Crippen LogP contribution is 2.20. The van der Waals surface area contributed by atoms with Crippen LogP contribution in [0.3, 0.4) is 0 Å². The molecule has 0 aromatic heterocycles. The number of hydrogen-bond donors (Lipinski definition) is 1. The minimum atomic E-state index is -2.37. The van der Waals surface area contributed by atoms with Crippen molar-refractivity contribution in [3.63, 3.8) is 0 Å². The largest absolute Gasteiger partial charge is 0.312 e. The third-order valence-electron chi connectivity index (χ3n) is 3.32. The van der Waals surface area contributed by atoms with Crippen molar-refractivity contribution in [3.05, 3.63) is 47.0 Å². The Morgan fingerprint density at radius 1 is 1.17 bits per heavy atom. The summed E-state index contributed by atoms with van der Waals surface area (Å²) in [5.41, 5.74) is 2.70. The van der Waals surface area contributed by atoms with Crippen LogP contribution in [0, 0.1) is 0 Å². The summed E-state index contributed by atoms with van der Waals surface area (Å²) >= 11 is 0. The Bertz CT molecular complexity index is 395. The number of hydrogen-bond acceptors (Lipinski definition) is 1. The molecule has 0 amide bonds. The normalized spacial score (nSPS) is 15.2. The van der Waals surface area contributed by atoms with Crippen molar-refractivity contribution in [2.45, 2.75) is 38.7 Å². The molecule has 0 fully saturated rings. The topological polar surface area (TPSA) is 12.0 Å². The fourth-order valence-corrected chi connectivity index (χ4v) is 2.23. The van der Waals surface area contributed by atoms with Crippen LogP contribution in [0.15, 0.2) is 35.9 Å². The molecule has 98 valence electrons. The van der Waals surface area contributed by atoms with Gasteiger partial charge >= 0.3 is 0 Å². The standard InChI is InChI=1S/C15H19F2N/c16-15(17)14-7-5-13(6-8-14)11-18-10-9-12-3-1-2-4-12/h3,5-8,15,18H,1-2,4,9-11H2. The summed E-state index contributed by atoms with van der Waals surface area (Å²) in [4.78, 5) is 0. The van der Waals surface area contributed by atoms with Gasteiger partial charge in [0.25, 0.3) is 6.43 Å². The van der Waals surface area contributed by atoms with E-state index in [1.165, 1.54) is 31.4 Å². The second-order valence-electron chi connectivity index (χ2n) is 4.72. The first kappa shape index (κ1) is 13.2. The van der Waals surface area contributed by atoms with E-state index in [0.717, 1.165) is 25.1 Å². The van der Waals surface area contributed by atoms with Crippen LogP contribution < -0.4 is 5.32 Å². The van der Waals surface area contributed by atoms with Gasteiger partial charge in [-0.2, -0.15) is 0 Å². The van der Waals surface area contributed by atoms with Gasteiger partial charge in [0.15, 0.2) is 0 Å². The average molecular weight is 251 g/mol. The summed E-state index contributed by atoms with van der Waals surface area (Å²) in [6.07, 6.45) is 4.83. The smallest absolute Gasteiger partial charge is 0.263 e. The van der Waals surface area contributed by atoms with Crippen LogP contribution in [0.2, 0.25) is 0 Å². The van der Waals surface area contributed by atoms with Crippen LogP contribution in [0.4, 0.5) is 8.78 Å². The Kier molecular flexibility index (Phi) is 4.88. The molecule has 1 aromatic carbocycles. The molecule has 0 saturated carbocycles. The lowest BCUT2D eigenvalue weighted by Gasteiger charge is -2.06. The maximum atomic E-state index is 12.4. The Morgan fingerprint density at radius 3 is 2.56 bits per heavy atom. The van der Waals surface area contributed by atoms with Crippen LogP contribution in [-0.4, -0.2) is 6.54 Å². The molecule has 1 aromatic rings. The third kappa shape index (κ3) is 3.91. The summed E-state index contributed by atoms with van der Waals surface area (Å²) in [7, 11) is 0. The fraction of sp³-hybridized carbons (Fsp3) is 0.467. The molecule has 0 atom stereocenters. The zero-order valence-electron chi connectivity index (χ0n) is 10.5. The molecule has 0 unspecified atom stereocenters. The molecular weight excluding hydrogens is 232 g/mol. The van der Waals surface area contributed by atoms with Gasteiger partial charge in [0.1, 0.15) is 0 Å². The summed E-state index contributed by atoms with van der Waals surface area (Å²) in [5, 5.41) is 3.35. The van der Waals surface area contributed by atoms with Gasteiger partial charge in [-0.15, -0.1) is 0 Å². The van der Waals surface area contributed by atoms with Crippen molar-refractivity contribution >= 4 is 0 Å². The number of rotatable bonds is 6. The van der Waals surface area contributed by atoms with E-state index in [1.807, 2.05) is 0 Å². The van der Waals surface area contributed by atoms with Gasteiger partial charge in [-0.05, 0) is 37.8 Å². The summed E-state index contributed by atoms with van der Waals surface area (Å²) in [6.45, 7) is 1.71. The predicted molar refractivity (Wildman–Crippen MR) is 69.7 cm³/mol. The zero-order chi connectivity index (χ0) is 12.8. The van der Waals surface area contributed by atoms with Crippen molar-refractivity contribution in [2.24, 2.45) is 0 Å². The van der Waals surface area contributed by atoms with Crippen LogP contribution in [0.1, 0.15) is 43.2 Å². The minimum absolute atomic E-state index is 0.0925. The Balaban J connectivity index is 1.69. The molecular formula is C15H19F2N. The van der Waals surface area contributed by atoms with Crippen LogP contribution in [0.5, 0.6) is 0 Å². The van der Waals surface area contributed by atoms with Crippen molar-refractivity contribution in [1.82, 2.24) is 5.32 Å². The van der Waals surface area contributed by atoms with E-state index in [0.29, 0.717) is 0 Å². The zero-order valence-corrected chi connectivity index (χ0v) is 10.5. The van der Waals surface area contributed by atoms with E-state index in [-0.39, 0.29) is 5.56 Å². The Hall–Kier alpha value is -1.22. The molecule has 1 N–H and O–H groups in total. The molecule has 0 bridgehead atoms. The summed E-state index contributed by atoms with van der Waals surface area (Å²) in [5.74, 6) is 0. The molecule has 2 rings (SSSR count). The number of allylic oxidation sites excluding steroid dienone is 1. The number of halogens is 2. The summed E-state index contributed by atoms with van der Waals surface area (Å²) in [6, 6.07) is 6.54. The van der Waals surface area contributed by atoms with Gasteiger partial charge in [-0.3, -0.25) is 0 Å². The van der Waals surface area contributed by atoms with Crippen molar-refractivity contribution in [1.29, 1.82) is 0 Å². The molecule has 3 heteroatoms. The lowest BCUT2D eigenvalue weighted by Crippen LogP contribution is -2.15. The second-order valence-corrected chi connectivity index (χ2v) is 4.72. The first-order chi connectivity index (χ1) is 8.75. The number of benzene rings is 1. The first-order valence-corrected chi connectivity index (χ1v) is 6.51. The highest BCUT2D eigenvalue weighted by Gasteiger charge is 2.06. The lowest BCUT2D eigenvalue weighted by atomic mass is 10.1. The lowest BCUT2D eigenvalue weighted by molar-refractivity contribution is 0.151. The average Bonchev–Trinajstić information content (AvgIpc) is 2.88. The Labute approximate surface area is 107 Å². The van der Waals surface area contributed by atoms with Crippen molar-refractivity contribution < 1.29 is 8.78 Å². The quantitative estimate of drug-likeness (QED) is 0.589. The van der Waals surface area contributed by atoms with Gasteiger partial charge in [-0.25, -0.2) is 8.78 Å².